The lowest BCUT2D eigenvalue weighted by Gasteiger charge is -2.14. The molecule has 2 heterocycles. The second-order valence-corrected chi connectivity index (χ2v) is 5.11. The van der Waals surface area contributed by atoms with E-state index >= 15 is 0 Å². The van der Waals surface area contributed by atoms with E-state index in [1.54, 1.807) is 18.5 Å². The lowest BCUT2D eigenvalue weighted by Crippen LogP contribution is -2.11. The van der Waals surface area contributed by atoms with Crippen molar-refractivity contribution in [3.05, 3.63) is 39.4 Å². The highest BCUT2D eigenvalue weighted by Gasteiger charge is 2.31. The number of anilines is 1. The predicted octanol–water partition coefficient (Wildman–Crippen LogP) is 4.38. The van der Waals surface area contributed by atoms with Crippen molar-refractivity contribution in [2.75, 3.05) is 5.32 Å². The van der Waals surface area contributed by atoms with Crippen LogP contribution in [0.4, 0.5) is 19.0 Å². The van der Waals surface area contributed by atoms with E-state index in [0.29, 0.717) is 0 Å². The number of halogens is 4. The van der Waals surface area contributed by atoms with Gasteiger partial charge in [0.25, 0.3) is 0 Å². The van der Waals surface area contributed by atoms with Gasteiger partial charge in [0, 0.05) is 11.6 Å². The van der Waals surface area contributed by atoms with Gasteiger partial charge in [-0.05, 0) is 19.1 Å². The van der Waals surface area contributed by atoms with Crippen molar-refractivity contribution in [2.24, 2.45) is 0 Å². The van der Waals surface area contributed by atoms with Crippen molar-refractivity contribution in [2.45, 2.75) is 19.1 Å². The Kier molecular flexibility index (Phi) is 3.96. The average Bonchev–Trinajstić information content (AvgIpc) is 2.80. The molecule has 2 aromatic heterocycles. The standard InChI is InChI=1S/C11H9ClF3N3S/c1-6(10-16-2-3-19-10)17-9-5-7(11(13,14)15)4-8(12)18-9/h2-6H,1H3,(H,17,18). The minimum absolute atomic E-state index is 0.0718. The molecule has 0 saturated heterocycles. The first-order chi connectivity index (χ1) is 8.86. The molecule has 2 rings (SSSR count). The third-order valence-corrected chi connectivity index (χ3v) is 3.46. The molecule has 0 radical (unpaired) electrons. The molecule has 0 spiro atoms. The third-order valence-electron chi connectivity index (χ3n) is 2.31. The molecule has 1 N–H and O–H groups in total. The first-order valence-corrected chi connectivity index (χ1v) is 6.53. The Morgan fingerprint density at radius 2 is 2.11 bits per heavy atom. The molecule has 0 aliphatic carbocycles. The van der Waals surface area contributed by atoms with E-state index in [2.05, 4.69) is 15.3 Å². The number of nitrogens with zero attached hydrogens (tertiary/aromatic N) is 2. The molecule has 0 aromatic carbocycles. The average molecular weight is 308 g/mol. The zero-order valence-electron chi connectivity index (χ0n) is 9.70. The first kappa shape index (κ1) is 14.1. The molecule has 0 amide bonds. The van der Waals surface area contributed by atoms with Crippen molar-refractivity contribution in [3.8, 4) is 0 Å². The lowest BCUT2D eigenvalue weighted by molar-refractivity contribution is -0.137. The Hall–Kier alpha value is -1.34. The van der Waals surface area contributed by atoms with Gasteiger partial charge < -0.3 is 5.32 Å². The minimum atomic E-state index is -4.45. The fourth-order valence-electron chi connectivity index (χ4n) is 1.47. The summed E-state index contributed by atoms with van der Waals surface area (Å²) < 4.78 is 37.9. The third kappa shape index (κ3) is 3.57. The van der Waals surface area contributed by atoms with Crippen LogP contribution in [0.3, 0.4) is 0 Å². The SMILES string of the molecule is CC(Nc1cc(C(F)(F)F)cc(Cl)n1)c1nccs1. The normalized spacial score (nSPS) is 13.3. The van der Waals surface area contributed by atoms with Gasteiger partial charge in [0.2, 0.25) is 0 Å². The number of hydrogen-bond donors (Lipinski definition) is 1. The van der Waals surface area contributed by atoms with Crippen LogP contribution in [0.25, 0.3) is 0 Å². The van der Waals surface area contributed by atoms with Crippen LogP contribution in [-0.2, 0) is 6.18 Å². The summed E-state index contributed by atoms with van der Waals surface area (Å²) in [6.45, 7) is 1.79. The topological polar surface area (TPSA) is 37.8 Å². The van der Waals surface area contributed by atoms with Crippen LogP contribution in [0.15, 0.2) is 23.7 Å². The fraction of sp³-hybridized carbons (Fsp3) is 0.273. The summed E-state index contributed by atoms with van der Waals surface area (Å²) in [6, 6.07) is 1.48. The van der Waals surface area contributed by atoms with Crippen molar-refractivity contribution in [3.63, 3.8) is 0 Å². The van der Waals surface area contributed by atoms with Crippen LogP contribution >= 0.6 is 22.9 Å². The van der Waals surface area contributed by atoms with E-state index in [1.807, 2.05) is 0 Å². The molecule has 0 aliphatic heterocycles. The van der Waals surface area contributed by atoms with Crippen LogP contribution in [0, 0.1) is 0 Å². The fourth-order valence-corrected chi connectivity index (χ4v) is 2.32. The summed E-state index contributed by atoms with van der Waals surface area (Å²) >= 11 is 7.01. The highest BCUT2D eigenvalue weighted by molar-refractivity contribution is 7.09. The molecule has 1 atom stereocenters. The molecule has 3 nitrogen and oxygen atoms in total. The van der Waals surface area contributed by atoms with Gasteiger partial charge in [-0.25, -0.2) is 9.97 Å². The van der Waals surface area contributed by atoms with Gasteiger partial charge in [-0.2, -0.15) is 13.2 Å². The Morgan fingerprint density at radius 3 is 2.68 bits per heavy atom. The van der Waals surface area contributed by atoms with E-state index in [9.17, 15) is 13.2 Å². The van der Waals surface area contributed by atoms with E-state index in [1.165, 1.54) is 11.3 Å². The summed E-state index contributed by atoms with van der Waals surface area (Å²) in [5.74, 6) is 0.0718. The molecule has 102 valence electrons. The number of pyridine rings is 1. The number of rotatable bonds is 3. The molecule has 19 heavy (non-hydrogen) atoms. The van der Waals surface area contributed by atoms with Gasteiger partial charge in [-0.1, -0.05) is 11.6 Å². The smallest absolute Gasteiger partial charge is 0.361 e. The van der Waals surface area contributed by atoms with Gasteiger partial charge in [0.1, 0.15) is 16.0 Å². The first-order valence-electron chi connectivity index (χ1n) is 5.27. The van der Waals surface area contributed by atoms with Crippen LogP contribution in [0.1, 0.15) is 23.5 Å². The summed E-state index contributed by atoms with van der Waals surface area (Å²) in [6.07, 6.45) is -2.82. The number of thiazole rings is 1. The second-order valence-electron chi connectivity index (χ2n) is 3.80. The molecule has 8 heteroatoms. The van der Waals surface area contributed by atoms with Crippen LogP contribution in [-0.4, -0.2) is 9.97 Å². The predicted molar refractivity (Wildman–Crippen MR) is 68.4 cm³/mol. The molecule has 2 aromatic rings. The van der Waals surface area contributed by atoms with Gasteiger partial charge in [0.05, 0.1) is 11.6 Å². The molecule has 0 fully saturated rings. The Morgan fingerprint density at radius 1 is 1.37 bits per heavy atom. The summed E-state index contributed by atoms with van der Waals surface area (Å²) in [7, 11) is 0. The maximum absolute atomic E-state index is 12.6. The summed E-state index contributed by atoms with van der Waals surface area (Å²) in [4.78, 5) is 7.91. The van der Waals surface area contributed by atoms with Crippen molar-refractivity contribution in [1.29, 1.82) is 0 Å². The highest BCUT2D eigenvalue weighted by atomic mass is 35.5. The Bertz CT molecular complexity index is 557. The molecular weight excluding hydrogens is 299 g/mol. The monoisotopic (exact) mass is 307 g/mol. The number of nitrogens with one attached hydrogen (secondary N) is 1. The summed E-state index contributed by atoms with van der Waals surface area (Å²) in [5.41, 5.74) is -0.832. The molecular formula is C11H9ClF3N3S. The van der Waals surface area contributed by atoms with E-state index in [-0.39, 0.29) is 17.0 Å². The quantitative estimate of drug-likeness (QED) is 0.855. The highest BCUT2D eigenvalue weighted by Crippen LogP contribution is 2.32. The lowest BCUT2D eigenvalue weighted by atomic mass is 10.2. The Balaban J connectivity index is 2.23. The summed E-state index contributed by atoms with van der Waals surface area (Å²) in [5, 5.41) is 5.20. The second kappa shape index (κ2) is 5.34. The maximum atomic E-state index is 12.6. The number of aromatic nitrogens is 2. The molecule has 0 bridgehead atoms. The maximum Gasteiger partial charge on any atom is 0.416 e. The van der Waals surface area contributed by atoms with Gasteiger partial charge in [-0.15, -0.1) is 11.3 Å². The molecule has 0 saturated carbocycles. The molecule has 0 aliphatic rings. The minimum Gasteiger partial charge on any atom is -0.361 e. The number of hydrogen-bond acceptors (Lipinski definition) is 4. The zero-order chi connectivity index (χ0) is 14.0. The largest absolute Gasteiger partial charge is 0.416 e. The van der Waals surface area contributed by atoms with E-state index in [4.69, 9.17) is 11.6 Å². The van der Waals surface area contributed by atoms with Gasteiger partial charge in [0.15, 0.2) is 0 Å². The van der Waals surface area contributed by atoms with Crippen LogP contribution in [0.5, 0.6) is 0 Å². The van der Waals surface area contributed by atoms with E-state index in [0.717, 1.165) is 17.1 Å². The van der Waals surface area contributed by atoms with Gasteiger partial charge >= 0.3 is 6.18 Å². The van der Waals surface area contributed by atoms with Crippen molar-refractivity contribution in [1.82, 2.24) is 9.97 Å². The van der Waals surface area contributed by atoms with Crippen molar-refractivity contribution >= 4 is 28.8 Å². The van der Waals surface area contributed by atoms with Crippen LogP contribution in [0.2, 0.25) is 5.15 Å². The zero-order valence-corrected chi connectivity index (χ0v) is 11.3. The van der Waals surface area contributed by atoms with Gasteiger partial charge in [-0.3, -0.25) is 0 Å². The van der Waals surface area contributed by atoms with E-state index < -0.39 is 11.7 Å². The Labute approximate surface area is 116 Å². The molecule has 1 unspecified atom stereocenters. The van der Waals surface area contributed by atoms with Crippen molar-refractivity contribution < 1.29 is 13.2 Å². The van der Waals surface area contributed by atoms with Crippen LogP contribution < -0.4 is 5.32 Å². The number of alkyl halides is 3.